The van der Waals surface area contributed by atoms with Crippen LogP contribution in [0.25, 0.3) is 21.9 Å². The Hall–Kier alpha value is -5.26. The van der Waals surface area contributed by atoms with Gasteiger partial charge in [-0.1, -0.05) is 72.8 Å². The lowest BCUT2D eigenvalue weighted by Crippen LogP contribution is -2.39. The SMILES string of the molecule is O=C(CCCCNc1ccccn1)NCC(=O)NC(CC(=O)OC(=O)C(F)(F)F)c1ccc(-c2cccc3ccccc23)cc1. The number of aromatic nitrogens is 1. The van der Waals surface area contributed by atoms with Gasteiger partial charge < -0.3 is 20.7 Å². The first kappa shape index (κ1) is 32.6. The maximum Gasteiger partial charge on any atom is 0.491 e. The minimum absolute atomic E-state index is 0.169. The second-order valence-corrected chi connectivity index (χ2v) is 10.1. The zero-order valence-corrected chi connectivity index (χ0v) is 24.1. The zero-order chi connectivity index (χ0) is 32.2. The Kier molecular flexibility index (Phi) is 11.2. The molecule has 4 aromatic rings. The largest absolute Gasteiger partial charge is 0.491 e. The number of halogens is 3. The first-order chi connectivity index (χ1) is 21.6. The number of nitrogens with zero attached hydrogens (tertiary/aromatic N) is 1. The number of hydrogen-bond donors (Lipinski definition) is 3. The van der Waals surface area contributed by atoms with Gasteiger partial charge in [0.1, 0.15) is 5.82 Å². The molecule has 3 N–H and O–H groups in total. The molecule has 0 aliphatic heterocycles. The molecule has 45 heavy (non-hydrogen) atoms. The Morgan fingerprint density at radius 1 is 0.822 bits per heavy atom. The number of alkyl halides is 3. The van der Waals surface area contributed by atoms with Crippen molar-refractivity contribution in [3.05, 3.63) is 96.7 Å². The van der Waals surface area contributed by atoms with E-state index in [1.807, 2.05) is 54.6 Å². The average Bonchev–Trinajstić information content (AvgIpc) is 3.03. The molecule has 0 saturated heterocycles. The van der Waals surface area contributed by atoms with Crippen molar-refractivity contribution in [1.29, 1.82) is 0 Å². The fourth-order valence-corrected chi connectivity index (χ4v) is 4.60. The van der Waals surface area contributed by atoms with E-state index in [4.69, 9.17) is 0 Å². The number of benzene rings is 3. The van der Waals surface area contributed by atoms with E-state index in [9.17, 15) is 32.3 Å². The van der Waals surface area contributed by atoms with Crippen LogP contribution in [-0.4, -0.2) is 48.0 Å². The third kappa shape index (κ3) is 9.88. The van der Waals surface area contributed by atoms with Crippen LogP contribution in [0.1, 0.15) is 37.3 Å². The molecule has 0 aliphatic carbocycles. The molecule has 1 aromatic heterocycles. The van der Waals surface area contributed by atoms with Crippen molar-refractivity contribution >= 4 is 40.3 Å². The van der Waals surface area contributed by atoms with Gasteiger partial charge in [-0.3, -0.25) is 14.4 Å². The Labute approximate surface area is 257 Å². The van der Waals surface area contributed by atoms with E-state index in [1.54, 1.807) is 36.5 Å². The molecular formula is C33H31F3N4O5. The highest BCUT2D eigenvalue weighted by Crippen LogP contribution is 2.30. The summed E-state index contributed by atoms with van der Waals surface area (Å²) in [4.78, 5) is 52.6. The molecular weight excluding hydrogens is 589 g/mol. The summed E-state index contributed by atoms with van der Waals surface area (Å²) >= 11 is 0. The first-order valence-corrected chi connectivity index (χ1v) is 14.2. The van der Waals surface area contributed by atoms with Gasteiger partial charge in [-0.05, 0) is 52.4 Å². The van der Waals surface area contributed by atoms with Gasteiger partial charge in [0.05, 0.1) is 19.0 Å². The Morgan fingerprint density at radius 2 is 1.56 bits per heavy atom. The molecule has 9 nitrogen and oxygen atoms in total. The summed E-state index contributed by atoms with van der Waals surface area (Å²) in [6.07, 6.45) is -3.03. The molecule has 4 rings (SSSR count). The van der Waals surface area contributed by atoms with Crippen LogP contribution in [0.15, 0.2) is 91.1 Å². The number of unbranched alkanes of at least 4 members (excludes halogenated alkanes) is 1. The number of amides is 2. The maximum atomic E-state index is 12.7. The highest BCUT2D eigenvalue weighted by Gasteiger charge is 2.42. The van der Waals surface area contributed by atoms with Gasteiger partial charge in [-0.15, -0.1) is 0 Å². The van der Waals surface area contributed by atoms with Crippen molar-refractivity contribution in [3.63, 3.8) is 0 Å². The third-order valence-electron chi connectivity index (χ3n) is 6.81. The van der Waals surface area contributed by atoms with Gasteiger partial charge >= 0.3 is 18.1 Å². The van der Waals surface area contributed by atoms with Crippen molar-refractivity contribution in [3.8, 4) is 11.1 Å². The fourth-order valence-electron chi connectivity index (χ4n) is 4.60. The molecule has 2 amide bonds. The van der Waals surface area contributed by atoms with Crippen LogP contribution in [0, 0.1) is 0 Å². The summed E-state index contributed by atoms with van der Waals surface area (Å²) in [6.45, 7) is 0.185. The van der Waals surface area contributed by atoms with Crippen molar-refractivity contribution in [1.82, 2.24) is 15.6 Å². The Morgan fingerprint density at radius 3 is 2.29 bits per heavy atom. The fraction of sp³-hybridized carbons (Fsp3) is 0.242. The zero-order valence-electron chi connectivity index (χ0n) is 24.1. The number of ether oxygens (including phenoxy) is 1. The molecule has 1 heterocycles. The molecule has 3 aromatic carbocycles. The van der Waals surface area contributed by atoms with E-state index >= 15 is 0 Å². The quantitative estimate of drug-likeness (QED) is 0.103. The number of fused-ring (bicyclic) bond motifs is 1. The number of anilines is 1. The lowest BCUT2D eigenvalue weighted by molar-refractivity contribution is -0.202. The van der Waals surface area contributed by atoms with E-state index in [-0.39, 0.29) is 12.3 Å². The van der Waals surface area contributed by atoms with Gasteiger partial charge in [0.15, 0.2) is 0 Å². The molecule has 0 aliphatic rings. The summed E-state index contributed by atoms with van der Waals surface area (Å²) in [7, 11) is 0. The number of esters is 2. The highest BCUT2D eigenvalue weighted by atomic mass is 19.4. The minimum Gasteiger partial charge on any atom is -0.386 e. The Balaban J connectivity index is 1.36. The van der Waals surface area contributed by atoms with Crippen LogP contribution in [-0.2, 0) is 23.9 Å². The monoisotopic (exact) mass is 620 g/mol. The molecule has 0 fully saturated rings. The van der Waals surface area contributed by atoms with Gasteiger partial charge in [0, 0.05) is 19.2 Å². The predicted molar refractivity (Wildman–Crippen MR) is 162 cm³/mol. The normalized spacial score (nSPS) is 11.8. The van der Waals surface area contributed by atoms with Crippen LogP contribution in [0.2, 0.25) is 0 Å². The smallest absolute Gasteiger partial charge is 0.386 e. The van der Waals surface area contributed by atoms with E-state index in [0.29, 0.717) is 24.9 Å². The molecule has 12 heteroatoms. The summed E-state index contributed by atoms with van der Waals surface area (Å²) in [5, 5.41) is 10.2. The van der Waals surface area contributed by atoms with Crippen LogP contribution < -0.4 is 16.0 Å². The maximum absolute atomic E-state index is 12.7. The molecule has 0 bridgehead atoms. The second-order valence-electron chi connectivity index (χ2n) is 10.1. The standard InChI is InChI=1S/C33H31F3N4O5/c34-33(35,36)32(44)45-31(43)20-27(24-16-14-23(15-17-24)26-11-7-9-22-8-1-2-10-25(22)26)40-30(42)21-39-29(41)13-4-6-19-38-28-12-3-5-18-37-28/h1-3,5,7-12,14-18,27H,4,6,13,19-21H2,(H,37,38)(H,39,41)(H,40,42). The summed E-state index contributed by atoms with van der Waals surface area (Å²) in [5.41, 5.74) is 2.15. The molecule has 0 saturated carbocycles. The lowest BCUT2D eigenvalue weighted by atomic mass is 9.95. The minimum atomic E-state index is -5.35. The number of rotatable bonds is 13. The van der Waals surface area contributed by atoms with E-state index in [0.717, 1.165) is 27.7 Å². The van der Waals surface area contributed by atoms with Crippen molar-refractivity contribution in [2.45, 2.75) is 37.9 Å². The number of carbonyl (C=O) groups excluding carboxylic acids is 4. The lowest BCUT2D eigenvalue weighted by Gasteiger charge is -2.19. The van der Waals surface area contributed by atoms with E-state index in [2.05, 4.69) is 25.7 Å². The predicted octanol–water partition coefficient (Wildman–Crippen LogP) is 5.48. The van der Waals surface area contributed by atoms with Gasteiger partial charge in [-0.25, -0.2) is 9.78 Å². The molecule has 234 valence electrons. The van der Waals surface area contributed by atoms with Crippen LogP contribution >= 0.6 is 0 Å². The van der Waals surface area contributed by atoms with E-state index in [1.165, 1.54) is 0 Å². The van der Waals surface area contributed by atoms with Gasteiger partial charge in [-0.2, -0.15) is 13.2 Å². The third-order valence-corrected chi connectivity index (χ3v) is 6.81. The first-order valence-electron chi connectivity index (χ1n) is 14.2. The number of nitrogens with one attached hydrogen (secondary N) is 3. The van der Waals surface area contributed by atoms with Crippen molar-refractivity contribution in [2.24, 2.45) is 0 Å². The molecule has 0 radical (unpaired) electrons. The van der Waals surface area contributed by atoms with Crippen LogP contribution in [0.3, 0.4) is 0 Å². The average molecular weight is 621 g/mol. The second kappa shape index (κ2) is 15.5. The van der Waals surface area contributed by atoms with Crippen molar-refractivity contribution < 1.29 is 37.1 Å². The van der Waals surface area contributed by atoms with Crippen molar-refractivity contribution in [2.75, 3.05) is 18.4 Å². The Bertz CT molecular complexity index is 1620. The number of carbonyl (C=O) groups is 4. The van der Waals surface area contributed by atoms with Crippen LogP contribution in [0.4, 0.5) is 19.0 Å². The van der Waals surface area contributed by atoms with Gasteiger partial charge in [0.2, 0.25) is 11.8 Å². The van der Waals surface area contributed by atoms with Gasteiger partial charge in [0.25, 0.3) is 0 Å². The topological polar surface area (TPSA) is 126 Å². The number of hydrogen-bond acceptors (Lipinski definition) is 7. The highest BCUT2D eigenvalue weighted by molar-refractivity contribution is 5.96. The summed E-state index contributed by atoms with van der Waals surface area (Å²) < 4.78 is 41.9. The summed E-state index contributed by atoms with van der Waals surface area (Å²) in [5.74, 6) is -4.44. The van der Waals surface area contributed by atoms with E-state index < -0.39 is 43.0 Å². The van der Waals surface area contributed by atoms with Crippen LogP contribution in [0.5, 0.6) is 0 Å². The number of pyridine rings is 1. The molecule has 1 atom stereocenters. The molecule has 1 unspecified atom stereocenters. The molecule has 0 spiro atoms. The summed E-state index contributed by atoms with van der Waals surface area (Å²) in [6, 6.07) is 24.7.